The molecular formula is C11H15N7O3. The summed E-state index contributed by atoms with van der Waals surface area (Å²) >= 11 is 0. The SMILES string of the molecule is CCCCCCc1nc([N+](=O)[O-])nn1C(=O)n1cncn1. The maximum atomic E-state index is 12.2. The van der Waals surface area contributed by atoms with E-state index in [1.54, 1.807) is 0 Å². The van der Waals surface area contributed by atoms with Gasteiger partial charge in [-0.3, -0.25) is 0 Å². The van der Waals surface area contributed by atoms with Crippen LogP contribution in [0.3, 0.4) is 0 Å². The first-order chi connectivity index (χ1) is 10.1. The maximum absolute atomic E-state index is 12.2. The predicted octanol–water partition coefficient (Wildman–Crippen LogP) is 1.42. The molecule has 0 bridgehead atoms. The predicted molar refractivity (Wildman–Crippen MR) is 70.7 cm³/mol. The summed E-state index contributed by atoms with van der Waals surface area (Å²) in [4.78, 5) is 29.7. The summed E-state index contributed by atoms with van der Waals surface area (Å²) in [5.74, 6) is -0.327. The van der Waals surface area contributed by atoms with Crippen LogP contribution in [-0.2, 0) is 6.42 Å². The van der Waals surface area contributed by atoms with Gasteiger partial charge in [-0.1, -0.05) is 30.9 Å². The van der Waals surface area contributed by atoms with Gasteiger partial charge in [0.2, 0.25) is 5.82 Å². The summed E-state index contributed by atoms with van der Waals surface area (Å²) in [6.45, 7) is 2.08. The second-order valence-electron chi connectivity index (χ2n) is 4.43. The van der Waals surface area contributed by atoms with Crippen molar-refractivity contribution in [3.05, 3.63) is 28.6 Å². The number of unbranched alkanes of at least 4 members (excludes halogenated alkanes) is 3. The Kier molecular flexibility index (Phi) is 4.69. The van der Waals surface area contributed by atoms with Crippen LogP contribution in [0, 0.1) is 10.1 Å². The fourth-order valence-corrected chi connectivity index (χ4v) is 1.84. The van der Waals surface area contributed by atoms with E-state index in [-0.39, 0.29) is 5.82 Å². The van der Waals surface area contributed by atoms with Crippen LogP contribution < -0.4 is 0 Å². The van der Waals surface area contributed by atoms with Crippen molar-refractivity contribution in [2.45, 2.75) is 39.0 Å². The number of aromatic nitrogens is 6. The molecule has 0 spiro atoms. The van der Waals surface area contributed by atoms with Gasteiger partial charge in [-0.15, -0.1) is 0 Å². The third-order valence-corrected chi connectivity index (χ3v) is 2.88. The second-order valence-corrected chi connectivity index (χ2v) is 4.43. The fraction of sp³-hybridized carbons (Fsp3) is 0.545. The average molecular weight is 293 g/mol. The normalized spacial score (nSPS) is 10.7. The van der Waals surface area contributed by atoms with Gasteiger partial charge in [0.1, 0.15) is 12.7 Å². The Morgan fingerprint density at radius 1 is 1.38 bits per heavy atom. The molecule has 0 aliphatic heterocycles. The fourth-order valence-electron chi connectivity index (χ4n) is 1.84. The molecule has 0 aliphatic carbocycles. The highest BCUT2D eigenvalue weighted by molar-refractivity contribution is 5.77. The number of hydrogen-bond acceptors (Lipinski definition) is 7. The van der Waals surface area contributed by atoms with Gasteiger partial charge >= 0.3 is 12.0 Å². The van der Waals surface area contributed by atoms with Crippen molar-refractivity contribution >= 4 is 12.0 Å². The molecule has 10 heteroatoms. The first-order valence-corrected chi connectivity index (χ1v) is 6.63. The molecule has 2 heterocycles. The lowest BCUT2D eigenvalue weighted by Crippen LogP contribution is -2.23. The zero-order valence-electron chi connectivity index (χ0n) is 11.5. The minimum Gasteiger partial charge on any atom is -0.390 e. The van der Waals surface area contributed by atoms with E-state index in [1.165, 1.54) is 12.7 Å². The summed E-state index contributed by atoms with van der Waals surface area (Å²) in [5, 5.41) is 18.1. The van der Waals surface area contributed by atoms with Crippen LogP contribution >= 0.6 is 0 Å². The summed E-state index contributed by atoms with van der Waals surface area (Å²) in [7, 11) is 0. The number of carbonyl (C=O) groups excluding carboxylic acids is 1. The van der Waals surface area contributed by atoms with Crippen LogP contribution in [0.2, 0.25) is 0 Å². The number of rotatable bonds is 6. The topological polar surface area (TPSA) is 122 Å². The molecule has 112 valence electrons. The van der Waals surface area contributed by atoms with Gasteiger partial charge in [0, 0.05) is 11.5 Å². The van der Waals surface area contributed by atoms with Crippen molar-refractivity contribution in [1.82, 2.24) is 29.5 Å². The number of hydrogen-bond donors (Lipinski definition) is 0. The number of nitrogens with zero attached hydrogens (tertiary/aromatic N) is 7. The van der Waals surface area contributed by atoms with Crippen LogP contribution in [0.15, 0.2) is 12.7 Å². The molecule has 2 rings (SSSR count). The molecule has 0 N–H and O–H groups in total. The van der Waals surface area contributed by atoms with E-state index in [4.69, 9.17) is 0 Å². The van der Waals surface area contributed by atoms with Crippen molar-refractivity contribution in [3.8, 4) is 0 Å². The van der Waals surface area contributed by atoms with E-state index < -0.39 is 16.9 Å². The van der Waals surface area contributed by atoms with Crippen molar-refractivity contribution in [2.24, 2.45) is 0 Å². The zero-order valence-corrected chi connectivity index (χ0v) is 11.5. The van der Waals surface area contributed by atoms with E-state index in [1.807, 2.05) is 0 Å². The van der Waals surface area contributed by atoms with Crippen LogP contribution in [-0.4, -0.2) is 40.5 Å². The van der Waals surface area contributed by atoms with E-state index in [9.17, 15) is 14.9 Å². The van der Waals surface area contributed by atoms with Gasteiger partial charge in [0.15, 0.2) is 0 Å². The van der Waals surface area contributed by atoms with Crippen molar-refractivity contribution < 1.29 is 9.72 Å². The second kappa shape index (κ2) is 6.68. The molecule has 0 aliphatic rings. The lowest BCUT2D eigenvalue weighted by Gasteiger charge is -1.99. The molecule has 2 aromatic rings. The van der Waals surface area contributed by atoms with Gasteiger partial charge < -0.3 is 10.1 Å². The minimum absolute atomic E-state index is 0.262. The molecule has 0 fully saturated rings. The Labute approximate surface area is 120 Å². The van der Waals surface area contributed by atoms with Crippen molar-refractivity contribution in [1.29, 1.82) is 0 Å². The number of nitro groups is 1. The highest BCUT2D eigenvalue weighted by Gasteiger charge is 2.26. The third kappa shape index (κ3) is 3.46. The largest absolute Gasteiger partial charge is 0.491 e. The van der Waals surface area contributed by atoms with Crippen molar-refractivity contribution in [3.63, 3.8) is 0 Å². The minimum atomic E-state index is -0.722. The zero-order chi connectivity index (χ0) is 15.2. The van der Waals surface area contributed by atoms with Gasteiger partial charge in [0.05, 0.1) is 0 Å². The van der Waals surface area contributed by atoms with E-state index >= 15 is 0 Å². The molecule has 0 saturated carbocycles. The van der Waals surface area contributed by atoms with Crippen LogP contribution in [0.25, 0.3) is 0 Å². The first kappa shape index (κ1) is 14.8. The summed E-state index contributed by atoms with van der Waals surface area (Å²) in [6.07, 6.45) is 6.74. The quantitative estimate of drug-likeness (QED) is 0.448. The molecule has 0 aromatic carbocycles. The lowest BCUT2D eigenvalue weighted by molar-refractivity contribution is -0.394. The molecule has 21 heavy (non-hydrogen) atoms. The molecule has 0 unspecified atom stereocenters. The Bertz CT molecular complexity index is 620. The number of aryl methyl sites for hydroxylation is 1. The Balaban J connectivity index is 2.21. The van der Waals surface area contributed by atoms with Gasteiger partial charge in [-0.2, -0.15) is 9.78 Å². The molecule has 0 saturated heterocycles. The molecule has 0 radical (unpaired) electrons. The standard InChI is InChI=1S/C11H15N7O3/c1-2-3-4-5-6-9-14-10(18(20)21)15-17(9)11(19)16-8-12-7-13-16/h7-8H,2-6H2,1H3. The molecule has 0 amide bonds. The summed E-state index contributed by atoms with van der Waals surface area (Å²) in [5.41, 5.74) is 0. The average Bonchev–Trinajstić information content (AvgIpc) is 3.12. The van der Waals surface area contributed by atoms with Crippen LogP contribution in [0.5, 0.6) is 0 Å². The Hall–Kier alpha value is -2.65. The highest BCUT2D eigenvalue weighted by atomic mass is 16.6. The summed E-state index contributed by atoms with van der Waals surface area (Å²) < 4.78 is 1.87. The Morgan fingerprint density at radius 3 is 2.81 bits per heavy atom. The maximum Gasteiger partial charge on any atom is 0.491 e. The van der Waals surface area contributed by atoms with Gasteiger partial charge in [-0.05, 0) is 16.3 Å². The van der Waals surface area contributed by atoms with E-state index in [0.29, 0.717) is 6.42 Å². The van der Waals surface area contributed by atoms with Gasteiger partial charge in [-0.25, -0.2) is 9.78 Å². The number of carbonyl (C=O) groups is 1. The summed E-state index contributed by atoms with van der Waals surface area (Å²) in [6, 6.07) is -0.640. The van der Waals surface area contributed by atoms with Gasteiger partial charge in [0.25, 0.3) is 0 Å². The van der Waals surface area contributed by atoms with Crippen LogP contribution in [0.4, 0.5) is 10.7 Å². The molecule has 2 aromatic heterocycles. The molecule has 0 atom stereocenters. The van der Waals surface area contributed by atoms with E-state index in [2.05, 4.69) is 27.1 Å². The Morgan fingerprint density at radius 2 is 2.19 bits per heavy atom. The molecule has 10 nitrogen and oxygen atoms in total. The highest BCUT2D eigenvalue weighted by Crippen LogP contribution is 2.11. The lowest BCUT2D eigenvalue weighted by atomic mass is 10.1. The van der Waals surface area contributed by atoms with Crippen LogP contribution in [0.1, 0.15) is 38.4 Å². The van der Waals surface area contributed by atoms with Crippen molar-refractivity contribution in [2.75, 3.05) is 0 Å². The van der Waals surface area contributed by atoms with E-state index in [0.717, 1.165) is 35.0 Å². The monoisotopic (exact) mass is 293 g/mol. The smallest absolute Gasteiger partial charge is 0.390 e. The third-order valence-electron chi connectivity index (χ3n) is 2.88. The first-order valence-electron chi connectivity index (χ1n) is 6.63. The molecular weight excluding hydrogens is 278 g/mol.